The van der Waals surface area contributed by atoms with Crippen LogP contribution in [-0.4, -0.2) is 16.6 Å². The van der Waals surface area contributed by atoms with Gasteiger partial charge in [0.05, 0.1) is 6.04 Å². The summed E-state index contributed by atoms with van der Waals surface area (Å²) in [7, 11) is 0. The minimum Gasteiger partial charge on any atom is -0.319 e. The fourth-order valence-corrected chi connectivity index (χ4v) is 0.999. The molecule has 1 aromatic rings. The Bertz CT molecular complexity index is 298. The van der Waals surface area contributed by atoms with Crippen molar-refractivity contribution in [2.45, 2.75) is 26.8 Å². The fraction of sp³-hybridized carbons (Fsp3) is 0.500. The molecule has 0 saturated heterocycles. The average Bonchev–Trinajstić information content (AvgIpc) is 2.53. The summed E-state index contributed by atoms with van der Waals surface area (Å²) in [5, 5.41) is 0. The van der Waals surface area contributed by atoms with Crippen LogP contribution < -0.4 is 11.2 Å². The summed E-state index contributed by atoms with van der Waals surface area (Å²) in [4.78, 5) is 11.6. The number of nitrogens with one attached hydrogen (secondary N) is 1. The van der Waals surface area contributed by atoms with Gasteiger partial charge in [-0.25, -0.2) is 0 Å². The van der Waals surface area contributed by atoms with E-state index in [1.807, 2.05) is 32.9 Å². The van der Waals surface area contributed by atoms with E-state index in [2.05, 4.69) is 5.43 Å². The van der Waals surface area contributed by atoms with Gasteiger partial charge in [-0.05, 0) is 17.5 Å². The first-order chi connectivity index (χ1) is 6.41. The Balaban J connectivity index is 2.59. The molecule has 14 heavy (non-hydrogen) atoms. The molecule has 1 unspecified atom stereocenters. The molecule has 0 fully saturated rings. The van der Waals surface area contributed by atoms with E-state index in [0.717, 1.165) is 0 Å². The molecule has 1 atom stereocenters. The molecule has 4 nitrogen and oxygen atoms in total. The molecule has 3 N–H and O–H groups in total. The second kappa shape index (κ2) is 3.84. The maximum atomic E-state index is 11.6. The Morgan fingerprint density at radius 2 is 1.86 bits per heavy atom. The van der Waals surface area contributed by atoms with Gasteiger partial charge in [-0.15, -0.1) is 0 Å². The maximum absolute atomic E-state index is 11.6. The molecule has 0 aliphatic rings. The highest BCUT2D eigenvalue weighted by atomic mass is 16.2. The molecule has 1 amide bonds. The topological polar surface area (TPSA) is 60.1 Å². The number of hydrogen-bond donors (Lipinski definition) is 2. The summed E-state index contributed by atoms with van der Waals surface area (Å²) in [5.74, 6) is -0.172. The van der Waals surface area contributed by atoms with Gasteiger partial charge in [0.1, 0.15) is 0 Å². The van der Waals surface area contributed by atoms with Gasteiger partial charge in [0.2, 0.25) is 0 Å². The number of carbonyl (C=O) groups excluding carboxylic acids is 1. The van der Waals surface area contributed by atoms with Gasteiger partial charge in [-0.2, -0.15) is 0 Å². The van der Waals surface area contributed by atoms with Crippen LogP contribution in [0.25, 0.3) is 0 Å². The third-order valence-corrected chi connectivity index (χ3v) is 2.06. The Morgan fingerprint density at radius 1 is 1.36 bits per heavy atom. The van der Waals surface area contributed by atoms with Crippen molar-refractivity contribution in [1.29, 1.82) is 0 Å². The largest absolute Gasteiger partial charge is 0.319 e. The molecular weight excluding hydrogens is 178 g/mol. The second-order valence-corrected chi connectivity index (χ2v) is 4.41. The van der Waals surface area contributed by atoms with Crippen molar-refractivity contribution in [2.75, 3.05) is 5.43 Å². The molecule has 1 aromatic heterocycles. The van der Waals surface area contributed by atoms with Crippen LogP contribution in [0.2, 0.25) is 0 Å². The predicted octanol–water partition coefficient (Wildman–Crippen LogP) is 0.932. The van der Waals surface area contributed by atoms with E-state index in [1.165, 1.54) is 0 Å². The van der Waals surface area contributed by atoms with Crippen molar-refractivity contribution < 1.29 is 4.79 Å². The first-order valence-electron chi connectivity index (χ1n) is 4.60. The number of nitrogens with two attached hydrogens (primary N) is 1. The zero-order chi connectivity index (χ0) is 10.8. The molecule has 0 aliphatic heterocycles. The SMILES string of the molecule is CC(C)(C)C(N)C(=O)Nn1cccc1. The number of aromatic nitrogens is 1. The molecular formula is C10H17N3O. The van der Waals surface area contributed by atoms with E-state index < -0.39 is 6.04 Å². The maximum Gasteiger partial charge on any atom is 0.256 e. The van der Waals surface area contributed by atoms with E-state index in [0.29, 0.717) is 0 Å². The lowest BCUT2D eigenvalue weighted by atomic mass is 9.87. The molecule has 1 rings (SSSR count). The van der Waals surface area contributed by atoms with Crippen LogP contribution in [0.5, 0.6) is 0 Å². The summed E-state index contributed by atoms with van der Waals surface area (Å²) >= 11 is 0. The normalized spacial score (nSPS) is 13.7. The number of rotatable bonds is 2. The van der Waals surface area contributed by atoms with E-state index in [9.17, 15) is 4.79 Å². The molecule has 0 radical (unpaired) electrons. The molecule has 0 bridgehead atoms. The van der Waals surface area contributed by atoms with Crippen molar-refractivity contribution >= 4 is 5.91 Å². The highest BCUT2D eigenvalue weighted by molar-refractivity contribution is 5.89. The van der Waals surface area contributed by atoms with Crippen LogP contribution in [0, 0.1) is 5.41 Å². The van der Waals surface area contributed by atoms with E-state index >= 15 is 0 Å². The summed E-state index contributed by atoms with van der Waals surface area (Å²) in [6, 6.07) is 3.16. The summed E-state index contributed by atoms with van der Waals surface area (Å²) in [6.45, 7) is 5.81. The quantitative estimate of drug-likeness (QED) is 0.737. The van der Waals surface area contributed by atoms with Crippen molar-refractivity contribution in [1.82, 2.24) is 4.68 Å². The van der Waals surface area contributed by atoms with Gasteiger partial charge in [0, 0.05) is 12.4 Å². The van der Waals surface area contributed by atoms with Crippen LogP contribution >= 0.6 is 0 Å². The Hall–Kier alpha value is -1.29. The number of carbonyl (C=O) groups is 1. The molecule has 1 heterocycles. The van der Waals surface area contributed by atoms with Crippen LogP contribution in [0.4, 0.5) is 0 Å². The highest BCUT2D eigenvalue weighted by Gasteiger charge is 2.27. The fourth-order valence-electron chi connectivity index (χ4n) is 0.999. The number of amides is 1. The molecule has 0 spiro atoms. The molecule has 4 heteroatoms. The monoisotopic (exact) mass is 195 g/mol. The van der Waals surface area contributed by atoms with Gasteiger partial charge >= 0.3 is 0 Å². The Morgan fingerprint density at radius 3 is 2.29 bits per heavy atom. The summed E-state index contributed by atoms with van der Waals surface area (Å²) < 4.78 is 1.59. The van der Waals surface area contributed by atoms with Crippen molar-refractivity contribution in [3.8, 4) is 0 Å². The Labute approximate surface area is 84.1 Å². The zero-order valence-electron chi connectivity index (χ0n) is 8.82. The van der Waals surface area contributed by atoms with E-state index in [-0.39, 0.29) is 11.3 Å². The minimum atomic E-state index is -0.509. The van der Waals surface area contributed by atoms with Crippen LogP contribution in [0.15, 0.2) is 24.5 Å². The van der Waals surface area contributed by atoms with Gasteiger partial charge in [0.25, 0.3) is 5.91 Å². The first-order valence-corrected chi connectivity index (χ1v) is 4.60. The second-order valence-electron chi connectivity index (χ2n) is 4.41. The molecule has 0 aromatic carbocycles. The Kier molecular flexibility index (Phi) is 2.96. The third-order valence-electron chi connectivity index (χ3n) is 2.06. The highest BCUT2D eigenvalue weighted by Crippen LogP contribution is 2.17. The van der Waals surface area contributed by atoms with Gasteiger partial charge in [-0.1, -0.05) is 20.8 Å². The zero-order valence-corrected chi connectivity index (χ0v) is 8.82. The molecule has 0 aliphatic carbocycles. The lowest BCUT2D eigenvalue weighted by Crippen LogP contribution is -2.47. The first kappa shape index (κ1) is 10.8. The minimum absolute atomic E-state index is 0.172. The number of nitrogens with zero attached hydrogens (tertiary/aromatic N) is 1. The van der Waals surface area contributed by atoms with Crippen molar-refractivity contribution in [2.24, 2.45) is 11.1 Å². The number of hydrogen-bond acceptors (Lipinski definition) is 2. The van der Waals surface area contributed by atoms with Gasteiger partial charge in [-0.3, -0.25) is 14.9 Å². The van der Waals surface area contributed by atoms with Crippen LogP contribution in [0.1, 0.15) is 20.8 Å². The average molecular weight is 195 g/mol. The third kappa shape index (κ3) is 2.60. The van der Waals surface area contributed by atoms with E-state index in [4.69, 9.17) is 5.73 Å². The van der Waals surface area contributed by atoms with Crippen molar-refractivity contribution in [3.63, 3.8) is 0 Å². The van der Waals surface area contributed by atoms with Crippen LogP contribution in [0.3, 0.4) is 0 Å². The van der Waals surface area contributed by atoms with E-state index in [1.54, 1.807) is 17.1 Å². The lowest BCUT2D eigenvalue weighted by Gasteiger charge is -2.25. The molecule has 0 saturated carbocycles. The predicted molar refractivity (Wildman–Crippen MR) is 56.2 cm³/mol. The summed E-state index contributed by atoms with van der Waals surface area (Å²) in [6.07, 6.45) is 3.51. The van der Waals surface area contributed by atoms with Crippen LogP contribution in [-0.2, 0) is 4.79 Å². The van der Waals surface area contributed by atoms with Crippen molar-refractivity contribution in [3.05, 3.63) is 24.5 Å². The standard InChI is InChI=1S/C10H17N3O/c1-10(2,3)8(11)9(14)12-13-6-4-5-7-13/h4-8H,11H2,1-3H3,(H,12,14). The molecule has 78 valence electrons. The van der Waals surface area contributed by atoms with Gasteiger partial charge in [0.15, 0.2) is 0 Å². The smallest absolute Gasteiger partial charge is 0.256 e. The lowest BCUT2D eigenvalue weighted by molar-refractivity contribution is -0.120. The van der Waals surface area contributed by atoms with Gasteiger partial charge < -0.3 is 5.73 Å². The summed E-state index contributed by atoms with van der Waals surface area (Å²) in [5.41, 5.74) is 8.24.